The second-order valence-corrected chi connectivity index (χ2v) is 7.44. The topological polar surface area (TPSA) is 47.8 Å². The number of carbonyl (C=O) groups is 1. The second-order valence-electron chi connectivity index (χ2n) is 7.44. The van der Waals surface area contributed by atoms with Crippen molar-refractivity contribution >= 4 is 49.7 Å². The molecule has 0 saturated heterocycles. The van der Waals surface area contributed by atoms with E-state index in [4.69, 9.17) is 9.97 Å². The van der Waals surface area contributed by atoms with Crippen LogP contribution in [0.25, 0.3) is 43.9 Å². The summed E-state index contributed by atoms with van der Waals surface area (Å²) in [6.45, 7) is 0.213. The van der Waals surface area contributed by atoms with E-state index in [0.29, 0.717) is 0 Å². The summed E-state index contributed by atoms with van der Waals surface area (Å²) in [6, 6.07) is 29.8. The second kappa shape index (κ2) is 6.49. The Hall–Kier alpha value is -4.05. The predicted octanol–water partition coefficient (Wildman–Crippen LogP) is 5.77. The average Bonchev–Trinajstić information content (AvgIpc) is 3.10. The molecule has 0 amide bonds. The number of aromatic nitrogens is 3. The van der Waals surface area contributed by atoms with Gasteiger partial charge in [0.1, 0.15) is 5.52 Å². The Kier molecular flexibility index (Phi) is 3.65. The fraction of sp³-hybridized carbons (Fsp3) is 0.0385. The Labute approximate surface area is 172 Å². The molecular weight excluding hydrogens is 370 g/mol. The molecule has 142 valence electrons. The third-order valence-electron chi connectivity index (χ3n) is 5.65. The number of hydrogen-bond acceptors (Lipinski definition) is 3. The molecule has 0 aliphatic carbocycles. The standard InChI is InChI=1S/C26H17N3O/c30-24(19-12-7-9-17-8-1-2-10-18(17)19)16-29-23-15-6-3-11-20(23)25-26(29)28-22-14-5-4-13-21(22)27-25/h1-15H,16H2. The van der Waals surface area contributed by atoms with Crippen LogP contribution < -0.4 is 0 Å². The summed E-state index contributed by atoms with van der Waals surface area (Å²) >= 11 is 0. The first-order valence-electron chi connectivity index (χ1n) is 9.94. The number of Topliss-reactive ketones (excluding diaryl/α,β-unsaturated/α-hetero) is 1. The predicted molar refractivity (Wildman–Crippen MR) is 121 cm³/mol. The van der Waals surface area contributed by atoms with E-state index < -0.39 is 0 Å². The van der Waals surface area contributed by atoms with Crippen molar-refractivity contribution in [2.45, 2.75) is 6.54 Å². The number of para-hydroxylation sites is 3. The van der Waals surface area contributed by atoms with Crippen LogP contribution in [0.1, 0.15) is 10.4 Å². The summed E-state index contributed by atoms with van der Waals surface area (Å²) in [5.74, 6) is 0.0596. The summed E-state index contributed by atoms with van der Waals surface area (Å²) in [7, 11) is 0. The summed E-state index contributed by atoms with van der Waals surface area (Å²) in [4.78, 5) is 23.1. The van der Waals surface area contributed by atoms with Crippen LogP contribution in [0.15, 0.2) is 91.0 Å². The highest BCUT2D eigenvalue weighted by molar-refractivity contribution is 6.11. The zero-order valence-corrected chi connectivity index (χ0v) is 16.1. The average molecular weight is 387 g/mol. The van der Waals surface area contributed by atoms with Crippen LogP contribution in [0.5, 0.6) is 0 Å². The lowest BCUT2D eigenvalue weighted by molar-refractivity contribution is 0.0976. The van der Waals surface area contributed by atoms with Gasteiger partial charge in [-0.25, -0.2) is 9.97 Å². The molecule has 30 heavy (non-hydrogen) atoms. The van der Waals surface area contributed by atoms with Gasteiger partial charge in [-0.15, -0.1) is 0 Å². The van der Waals surface area contributed by atoms with Gasteiger partial charge in [-0.2, -0.15) is 0 Å². The lowest BCUT2D eigenvalue weighted by Gasteiger charge is -2.09. The molecule has 2 heterocycles. The monoisotopic (exact) mass is 387 g/mol. The maximum atomic E-state index is 13.4. The van der Waals surface area contributed by atoms with Gasteiger partial charge in [0.15, 0.2) is 11.4 Å². The Morgan fingerprint density at radius 1 is 0.700 bits per heavy atom. The van der Waals surface area contributed by atoms with E-state index in [0.717, 1.165) is 49.4 Å². The van der Waals surface area contributed by atoms with E-state index in [1.165, 1.54) is 0 Å². The van der Waals surface area contributed by atoms with Crippen LogP contribution in [0, 0.1) is 0 Å². The van der Waals surface area contributed by atoms with E-state index in [2.05, 4.69) is 0 Å². The third-order valence-corrected chi connectivity index (χ3v) is 5.65. The summed E-state index contributed by atoms with van der Waals surface area (Å²) in [5.41, 5.74) is 4.95. The van der Waals surface area contributed by atoms with E-state index in [9.17, 15) is 4.79 Å². The first-order chi connectivity index (χ1) is 14.8. The summed E-state index contributed by atoms with van der Waals surface area (Å²) in [5, 5.41) is 3.05. The quantitative estimate of drug-likeness (QED) is 0.362. The highest BCUT2D eigenvalue weighted by Crippen LogP contribution is 2.29. The fourth-order valence-corrected chi connectivity index (χ4v) is 4.24. The Balaban J connectivity index is 1.57. The van der Waals surface area contributed by atoms with Gasteiger partial charge in [0.25, 0.3) is 0 Å². The molecular formula is C26H17N3O. The molecule has 4 heteroatoms. The molecule has 0 aliphatic heterocycles. The van der Waals surface area contributed by atoms with E-state index >= 15 is 0 Å². The highest BCUT2D eigenvalue weighted by Gasteiger charge is 2.18. The van der Waals surface area contributed by atoms with E-state index in [1.807, 2.05) is 95.6 Å². The molecule has 4 nitrogen and oxygen atoms in total. The van der Waals surface area contributed by atoms with Crippen LogP contribution in [0.4, 0.5) is 0 Å². The molecule has 0 atom stereocenters. The minimum atomic E-state index is 0.0596. The lowest BCUT2D eigenvalue weighted by Crippen LogP contribution is -2.11. The van der Waals surface area contributed by atoms with Crippen molar-refractivity contribution in [1.82, 2.24) is 14.5 Å². The maximum Gasteiger partial charge on any atom is 0.183 e. The number of benzene rings is 4. The number of carbonyl (C=O) groups excluding carboxylic acids is 1. The van der Waals surface area contributed by atoms with Crippen LogP contribution in [-0.4, -0.2) is 20.3 Å². The van der Waals surface area contributed by atoms with Gasteiger partial charge in [-0.05, 0) is 29.0 Å². The zero-order valence-electron chi connectivity index (χ0n) is 16.1. The maximum absolute atomic E-state index is 13.4. The number of nitrogens with zero attached hydrogens (tertiary/aromatic N) is 3. The molecule has 6 rings (SSSR count). The Bertz CT molecular complexity index is 1590. The van der Waals surface area contributed by atoms with Crippen LogP contribution >= 0.6 is 0 Å². The van der Waals surface area contributed by atoms with E-state index in [1.54, 1.807) is 0 Å². The minimum Gasteiger partial charge on any atom is -0.316 e. The van der Waals surface area contributed by atoms with Crippen molar-refractivity contribution in [3.63, 3.8) is 0 Å². The molecule has 0 saturated carbocycles. The fourth-order valence-electron chi connectivity index (χ4n) is 4.24. The molecule has 0 unspecified atom stereocenters. The molecule has 2 aromatic heterocycles. The van der Waals surface area contributed by atoms with Crippen LogP contribution in [0.2, 0.25) is 0 Å². The van der Waals surface area contributed by atoms with Gasteiger partial charge in [0, 0.05) is 10.9 Å². The van der Waals surface area contributed by atoms with E-state index in [-0.39, 0.29) is 12.3 Å². The summed E-state index contributed by atoms with van der Waals surface area (Å²) in [6.07, 6.45) is 0. The first-order valence-corrected chi connectivity index (χ1v) is 9.94. The molecule has 0 fully saturated rings. The van der Waals surface area contributed by atoms with Gasteiger partial charge in [0.05, 0.1) is 23.1 Å². The summed E-state index contributed by atoms with van der Waals surface area (Å²) < 4.78 is 1.99. The van der Waals surface area contributed by atoms with Gasteiger partial charge < -0.3 is 4.57 Å². The number of fused-ring (bicyclic) bond motifs is 5. The minimum absolute atomic E-state index is 0.0596. The van der Waals surface area contributed by atoms with Crippen molar-refractivity contribution in [2.75, 3.05) is 0 Å². The number of hydrogen-bond donors (Lipinski definition) is 0. The molecule has 6 aromatic rings. The molecule has 0 radical (unpaired) electrons. The largest absolute Gasteiger partial charge is 0.316 e. The molecule has 0 bridgehead atoms. The van der Waals surface area contributed by atoms with Crippen LogP contribution in [0.3, 0.4) is 0 Å². The molecule has 4 aromatic carbocycles. The van der Waals surface area contributed by atoms with Gasteiger partial charge in [-0.3, -0.25) is 4.79 Å². The number of rotatable bonds is 3. The number of ketones is 1. The van der Waals surface area contributed by atoms with Crippen molar-refractivity contribution in [2.24, 2.45) is 0 Å². The van der Waals surface area contributed by atoms with Crippen molar-refractivity contribution in [3.8, 4) is 0 Å². The normalized spacial score (nSPS) is 11.6. The first kappa shape index (κ1) is 16.9. The van der Waals surface area contributed by atoms with Gasteiger partial charge >= 0.3 is 0 Å². The smallest absolute Gasteiger partial charge is 0.183 e. The Morgan fingerprint density at radius 2 is 1.37 bits per heavy atom. The Morgan fingerprint density at radius 3 is 2.23 bits per heavy atom. The SMILES string of the molecule is O=C(Cn1c2ccccc2c2nc3ccccc3nc21)c1cccc2ccccc12. The molecule has 0 N–H and O–H groups in total. The van der Waals surface area contributed by atoms with Gasteiger partial charge in [0.2, 0.25) is 0 Å². The third kappa shape index (κ3) is 2.51. The van der Waals surface area contributed by atoms with Crippen molar-refractivity contribution in [1.29, 1.82) is 0 Å². The molecule has 0 aliphatic rings. The van der Waals surface area contributed by atoms with Crippen LogP contribution in [-0.2, 0) is 6.54 Å². The molecule has 0 spiro atoms. The van der Waals surface area contributed by atoms with Crippen molar-refractivity contribution in [3.05, 3.63) is 96.6 Å². The highest BCUT2D eigenvalue weighted by atomic mass is 16.1. The zero-order chi connectivity index (χ0) is 20.1. The van der Waals surface area contributed by atoms with Gasteiger partial charge in [-0.1, -0.05) is 72.8 Å². The van der Waals surface area contributed by atoms with Crippen molar-refractivity contribution < 1.29 is 4.79 Å². The lowest BCUT2D eigenvalue weighted by atomic mass is 10.0.